The zero-order chi connectivity index (χ0) is 14.8. The minimum Gasteiger partial charge on any atom is -0.503 e. The van der Waals surface area contributed by atoms with Crippen molar-refractivity contribution in [2.75, 3.05) is 37.6 Å². The molecule has 1 aromatic carbocycles. The largest absolute Gasteiger partial charge is 0.573 e. The third-order valence-electron chi connectivity index (χ3n) is 3.36. The van der Waals surface area contributed by atoms with Gasteiger partial charge in [-0.15, -0.1) is 13.2 Å². The van der Waals surface area contributed by atoms with Gasteiger partial charge in [-0.3, -0.25) is 0 Å². The maximum atomic E-state index is 12.2. The molecular formula is C13H17F3N2O2. The average Bonchev–Trinajstić information content (AvgIpc) is 2.40. The number of anilines is 1. The smallest absolute Gasteiger partial charge is 0.503 e. The summed E-state index contributed by atoms with van der Waals surface area (Å²) in [7, 11) is 0. The van der Waals surface area contributed by atoms with Crippen LogP contribution < -0.4 is 9.64 Å². The van der Waals surface area contributed by atoms with Gasteiger partial charge in [-0.05, 0) is 18.7 Å². The number of benzene rings is 1. The minimum atomic E-state index is -4.81. The number of hydrogen-bond acceptors (Lipinski definition) is 4. The maximum absolute atomic E-state index is 12.2. The van der Waals surface area contributed by atoms with Crippen molar-refractivity contribution >= 4 is 5.69 Å². The molecule has 1 saturated heterocycles. The Hall–Kier alpha value is -1.63. The van der Waals surface area contributed by atoms with Gasteiger partial charge in [0.25, 0.3) is 0 Å². The first kappa shape index (κ1) is 14.8. The predicted molar refractivity (Wildman–Crippen MR) is 69.1 cm³/mol. The average molecular weight is 290 g/mol. The van der Waals surface area contributed by atoms with Gasteiger partial charge in [0, 0.05) is 26.2 Å². The number of nitrogens with zero attached hydrogens (tertiary/aromatic N) is 2. The topological polar surface area (TPSA) is 35.9 Å². The van der Waals surface area contributed by atoms with Crippen LogP contribution in [0.1, 0.15) is 6.92 Å². The van der Waals surface area contributed by atoms with Gasteiger partial charge in [0.05, 0.1) is 5.69 Å². The Bertz CT molecular complexity index is 457. The molecular weight excluding hydrogens is 273 g/mol. The molecule has 1 heterocycles. The highest BCUT2D eigenvalue weighted by molar-refractivity contribution is 5.64. The molecule has 0 saturated carbocycles. The van der Waals surface area contributed by atoms with Gasteiger partial charge in [-0.2, -0.15) is 0 Å². The molecule has 2 rings (SSSR count). The summed E-state index contributed by atoms with van der Waals surface area (Å²) in [6.45, 7) is 5.97. The number of para-hydroxylation sites is 1. The zero-order valence-corrected chi connectivity index (χ0v) is 11.2. The van der Waals surface area contributed by atoms with Crippen LogP contribution in [-0.4, -0.2) is 49.1 Å². The number of phenolic OH excluding ortho intramolecular Hbond substituents is 1. The quantitative estimate of drug-likeness (QED) is 0.927. The predicted octanol–water partition coefficient (Wildman–Crippen LogP) is 2.43. The number of phenols is 1. The first-order valence-corrected chi connectivity index (χ1v) is 6.45. The van der Waals surface area contributed by atoms with Crippen molar-refractivity contribution in [3.8, 4) is 11.5 Å². The number of halogens is 3. The van der Waals surface area contributed by atoms with Crippen LogP contribution in [0.3, 0.4) is 0 Å². The monoisotopic (exact) mass is 290 g/mol. The molecule has 0 aromatic heterocycles. The highest BCUT2D eigenvalue weighted by Crippen LogP contribution is 2.39. The fourth-order valence-corrected chi connectivity index (χ4v) is 2.28. The van der Waals surface area contributed by atoms with Crippen molar-refractivity contribution in [1.29, 1.82) is 0 Å². The lowest BCUT2D eigenvalue weighted by atomic mass is 10.2. The van der Waals surface area contributed by atoms with Crippen molar-refractivity contribution < 1.29 is 23.0 Å². The molecule has 0 bridgehead atoms. The summed E-state index contributed by atoms with van der Waals surface area (Å²) in [5.41, 5.74) is 0.377. The van der Waals surface area contributed by atoms with Crippen molar-refractivity contribution in [3.05, 3.63) is 18.2 Å². The second kappa shape index (κ2) is 5.78. The van der Waals surface area contributed by atoms with Crippen LogP contribution >= 0.6 is 0 Å². The molecule has 0 amide bonds. The van der Waals surface area contributed by atoms with Crippen LogP contribution in [0, 0.1) is 0 Å². The summed E-state index contributed by atoms with van der Waals surface area (Å²) in [5.74, 6) is -1.03. The number of aromatic hydroxyl groups is 1. The highest BCUT2D eigenvalue weighted by atomic mass is 19.4. The molecule has 0 atom stereocenters. The number of likely N-dealkylation sites (N-methyl/N-ethyl adjacent to an activating group) is 1. The van der Waals surface area contributed by atoms with Crippen molar-refractivity contribution in [3.63, 3.8) is 0 Å². The van der Waals surface area contributed by atoms with E-state index in [-0.39, 0.29) is 0 Å². The summed E-state index contributed by atoms with van der Waals surface area (Å²) in [5, 5.41) is 9.95. The Balaban J connectivity index is 2.15. The molecule has 112 valence electrons. The van der Waals surface area contributed by atoms with E-state index in [0.29, 0.717) is 18.8 Å². The third kappa shape index (κ3) is 3.47. The fraction of sp³-hybridized carbons (Fsp3) is 0.538. The van der Waals surface area contributed by atoms with Gasteiger partial charge in [0.2, 0.25) is 0 Å². The van der Waals surface area contributed by atoms with Crippen LogP contribution in [0.5, 0.6) is 11.5 Å². The van der Waals surface area contributed by atoms with Crippen LogP contribution in [0.4, 0.5) is 18.9 Å². The number of hydrogen-bond donors (Lipinski definition) is 1. The fourth-order valence-electron chi connectivity index (χ4n) is 2.28. The van der Waals surface area contributed by atoms with Crippen molar-refractivity contribution in [1.82, 2.24) is 4.90 Å². The highest BCUT2D eigenvalue weighted by Gasteiger charge is 2.33. The van der Waals surface area contributed by atoms with Crippen LogP contribution in [0.25, 0.3) is 0 Å². The molecule has 0 unspecified atom stereocenters. The van der Waals surface area contributed by atoms with Crippen LogP contribution in [-0.2, 0) is 0 Å². The second-order valence-corrected chi connectivity index (χ2v) is 4.59. The van der Waals surface area contributed by atoms with E-state index < -0.39 is 17.9 Å². The van der Waals surface area contributed by atoms with E-state index >= 15 is 0 Å². The first-order chi connectivity index (χ1) is 9.40. The van der Waals surface area contributed by atoms with Gasteiger partial charge >= 0.3 is 6.36 Å². The number of alkyl halides is 3. The summed E-state index contributed by atoms with van der Waals surface area (Å²) in [6, 6.07) is 4.15. The molecule has 0 aliphatic carbocycles. The molecule has 0 radical (unpaired) electrons. The summed E-state index contributed by atoms with van der Waals surface area (Å²) < 4.78 is 40.5. The molecule has 4 nitrogen and oxygen atoms in total. The lowest BCUT2D eigenvalue weighted by Gasteiger charge is -2.35. The SMILES string of the molecule is CCN1CCN(c2cccc(OC(F)(F)F)c2O)CC1. The number of rotatable bonds is 3. The first-order valence-electron chi connectivity index (χ1n) is 6.45. The van der Waals surface area contributed by atoms with Gasteiger partial charge in [0.15, 0.2) is 11.5 Å². The van der Waals surface area contributed by atoms with E-state index in [1.54, 1.807) is 6.07 Å². The third-order valence-corrected chi connectivity index (χ3v) is 3.36. The Morgan fingerprint density at radius 1 is 1.20 bits per heavy atom. The van der Waals surface area contributed by atoms with Crippen LogP contribution in [0.15, 0.2) is 18.2 Å². The number of ether oxygens (including phenoxy) is 1. The number of piperazine rings is 1. The summed E-state index contributed by atoms with van der Waals surface area (Å²) >= 11 is 0. The van der Waals surface area contributed by atoms with Gasteiger partial charge in [-0.25, -0.2) is 0 Å². The molecule has 1 fully saturated rings. The Labute approximate surface area is 115 Å². The molecule has 1 aliphatic rings. The molecule has 1 N–H and O–H groups in total. The van der Waals surface area contributed by atoms with E-state index in [2.05, 4.69) is 16.6 Å². The van der Waals surface area contributed by atoms with E-state index in [1.807, 2.05) is 4.90 Å². The minimum absolute atomic E-state index is 0.377. The Morgan fingerprint density at radius 3 is 2.40 bits per heavy atom. The summed E-state index contributed by atoms with van der Waals surface area (Å²) in [4.78, 5) is 4.11. The molecule has 0 spiro atoms. The van der Waals surface area contributed by atoms with Gasteiger partial charge in [0.1, 0.15) is 0 Å². The molecule has 7 heteroatoms. The zero-order valence-electron chi connectivity index (χ0n) is 11.2. The maximum Gasteiger partial charge on any atom is 0.573 e. The standard InChI is InChI=1S/C13H17F3N2O2/c1-2-17-6-8-18(9-7-17)10-4-3-5-11(12(10)19)20-13(14,15)16/h3-5,19H,2,6-9H2,1H3. The molecule has 20 heavy (non-hydrogen) atoms. The van der Waals surface area contributed by atoms with Gasteiger partial charge in [-0.1, -0.05) is 13.0 Å². The van der Waals surface area contributed by atoms with Crippen molar-refractivity contribution in [2.24, 2.45) is 0 Å². The van der Waals surface area contributed by atoms with E-state index in [1.165, 1.54) is 6.07 Å². The van der Waals surface area contributed by atoms with E-state index in [0.717, 1.165) is 25.7 Å². The van der Waals surface area contributed by atoms with Crippen molar-refractivity contribution in [2.45, 2.75) is 13.3 Å². The second-order valence-electron chi connectivity index (χ2n) is 4.59. The van der Waals surface area contributed by atoms with Crippen LogP contribution in [0.2, 0.25) is 0 Å². The molecule has 1 aliphatic heterocycles. The summed E-state index contributed by atoms with van der Waals surface area (Å²) in [6.07, 6.45) is -4.81. The normalized spacial score (nSPS) is 17.3. The van der Waals surface area contributed by atoms with E-state index in [9.17, 15) is 18.3 Å². The Morgan fingerprint density at radius 2 is 1.85 bits per heavy atom. The lowest BCUT2D eigenvalue weighted by molar-refractivity contribution is -0.275. The van der Waals surface area contributed by atoms with Gasteiger partial charge < -0.3 is 19.6 Å². The van der Waals surface area contributed by atoms with E-state index in [4.69, 9.17) is 0 Å². The lowest BCUT2D eigenvalue weighted by Crippen LogP contribution is -2.46. The Kier molecular flexibility index (Phi) is 4.27. The molecule has 1 aromatic rings.